The normalized spacial score (nSPS) is 8.65. The van der Waals surface area contributed by atoms with Crippen molar-refractivity contribution in [3.05, 3.63) is 144 Å². The van der Waals surface area contributed by atoms with Crippen LogP contribution in [-0.4, -0.2) is 23.9 Å². The largest absolute Gasteiger partial charge is 4.00 e. The van der Waals surface area contributed by atoms with Crippen LogP contribution in [0, 0.1) is 0 Å². The summed E-state index contributed by atoms with van der Waals surface area (Å²) in [5, 5.41) is 40.4. The minimum Gasteiger partial charge on any atom is -0.545 e. The van der Waals surface area contributed by atoms with Crippen molar-refractivity contribution in [1.82, 2.24) is 0 Å². The topological polar surface area (TPSA) is 161 Å². The SMILES string of the molecule is O=C([O-])c1ccccc1.O=C([O-])c1ccccc1.O=C([O-])c1ccccc1.O=C([O-])c1ccccc1.[V+4]. The standard InChI is InChI=1S/4C7H6O2.V/c4*8-7(9)6-4-2-1-3-5-6;/h4*1-5H,(H,8,9);/q;;;;+4/p-4. The van der Waals surface area contributed by atoms with Gasteiger partial charge in [-0.15, -0.1) is 0 Å². The number of carbonyl (C=O) groups is 4. The van der Waals surface area contributed by atoms with E-state index in [1.54, 1.807) is 72.8 Å². The number of aromatic carboxylic acids is 4. The van der Waals surface area contributed by atoms with Crippen LogP contribution in [-0.2, 0) is 18.6 Å². The van der Waals surface area contributed by atoms with Gasteiger partial charge in [-0.2, -0.15) is 0 Å². The fourth-order valence-electron chi connectivity index (χ4n) is 2.30. The van der Waals surface area contributed by atoms with Gasteiger partial charge in [-0.05, 0) is 22.3 Å². The summed E-state index contributed by atoms with van der Waals surface area (Å²) in [5.41, 5.74) is 0.880. The number of hydrogen-bond donors (Lipinski definition) is 0. The Labute approximate surface area is 225 Å². The monoisotopic (exact) mass is 535 g/mol. The molecule has 37 heavy (non-hydrogen) atoms. The van der Waals surface area contributed by atoms with Crippen molar-refractivity contribution >= 4 is 23.9 Å². The van der Waals surface area contributed by atoms with E-state index in [-0.39, 0.29) is 40.8 Å². The number of benzene rings is 4. The maximum absolute atomic E-state index is 10.1. The van der Waals surface area contributed by atoms with Crippen LogP contribution in [0.4, 0.5) is 0 Å². The van der Waals surface area contributed by atoms with Crippen molar-refractivity contribution in [3.8, 4) is 0 Å². The van der Waals surface area contributed by atoms with Crippen molar-refractivity contribution in [1.29, 1.82) is 0 Å². The van der Waals surface area contributed by atoms with E-state index in [1.807, 2.05) is 0 Å². The second kappa shape index (κ2) is 18.6. The van der Waals surface area contributed by atoms with E-state index >= 15 is 0 Å². The molecule has 0 aromatic heterocycles. The average molecular weight is 535 g/mol. The van der Waals surface area contributed by atoms with E-state index in [0.29, 0.717) is 0 Å². The minimum absolute atomic E-state index is 0. The summed E-state index contributed by atoms with van der Waals surface area (Å²) in [6.45, 7) is 0. The molecule has 0 spiro atoms. The van der Waals surface area contributed by atoms with E-state index in [2.05, 4.69) is 0 Å². The Kier molecular flexibility index (Phi) is 16.3. The Morgan fingerprint density at radius 1 is 0.324 bits per heavy atom. The first-order valence-corrected chi connectivity index (χ1v) is 10.3. The summed E-state index contributed by atoms with van der Waals surface area (Å²) in [5.74, 6) is -4.52. The molecule has 0 aliphatic rings. The summed E-state index contributed by atoms with van der Waals surface area (Å²) < 4.78 is 0. The average Bonchev–Trinajstić information content (AvgIpc) is 2.92. The molecule has 0 aliphatic carbocycles. The zero-order chi connectivity index (χ0) is 26.8. The zero-order valence-electron chi connectivity index (χ0n) is 19.3. The molecular formula is C28H20O8V. The van der Waals surface area contributed by atoms with Crippen molar-refractivity contribution in [2.45, 2.75) is 0 Å². The van der Waals surface area contributed by atoms with Crippen LogP contribution in [0.25, 0.3) is 0 Å². The van der Waals surface area contributed by atoms with Crippen LogP contribution in [0.2, 0.25) is 0 Å². The Hall–Kier alpha value is -4.66. The molecule has 0 amide bonds. The van der Waals surface area contributed by atoms with Crippen LogP contribution in [0.1, 0.15) is 41.4 Å². The number of rotatable bonds is 4. The Balaban J connectivity index is 0.000000463. The third-order valence-corrected chi connectivity index (χ3v) is 4.04. The summed E-state index contributed by atoms with van der Waals surface area (Å²) >= 11 is 0. The molecule has 8 nitrogen and oxygen atoms in total. The van der Waals surface area contributed by atoms with E-state index in [4.69, 9.17) is 0 Å². The van der Waals surface area contributed by atoms with E-state index < -0.39 is 23.9 Å². The van der Waals surface area contributed by atoms with Gasteiger partial charge >= 0.3 is 18.6 Å². The molecule has 1 radical (unpaired) electrons. The predicted octanol–water partition coefficient (Wildman–Crippen LogP) is 0.198. The van der Waals surface area contributed by atoms with E-state index in [0.717, 1.165) is 0 Å². The van der Waals surface area contributed by atoms with Crippen molar-refractivity contribution in [2.75, 3.05) is 0 Å². The molecule has 4 aromatic carbocycles. The van der Waals surface area contributed by atoms with Gasteiger partial charge in [0.15, 0.2) is 0 Å². The maximum atomic E-state index is 10.1. The Morgan fingerprint density at radius 2 is 0.459 bits per heavy atom. The van der Waals surface area contributed by atoms with Gasteiger partial charge in [0.05, 0.1) is 23.9 Å². The molecule has 0 saturated heterocycles. The molecular weight excluding hydrogens is 515 g/mol. The molecule has 0 N–H and O–H groups in total. The number of carboxylic acid groups (broad SMARTS) is 4. The van der Waals surface area contributed by atoms with Crippen molar-refractivity contribution < 1.29 is 58.2 Å². The minimum atomic E-state index is -1.13. The number of carboxylic acids is 4. The first kappa shape index (κ1) is 32.3. The Bertz CT molecular complexity index is 1020. The molecule has 0 atom stereocenters. The quantitative estimate of drug-likeness (QED) is 0.358. The maximum Gasteiger partial charge on any atom is 4.00 e. The van der Waals surface area contributed by atoms with Crippen LogP contribution in [0.15, 0.2) is 121 Å². The molecule has 9 heteroatoms. The predicted molar refractivity (Wildman–Crippen MR) is 123 cm³/mol. The smallest absolute Gasteiger partial charge is 0.545 e. The third kappa shape index (κ3) is 14.4. The summed E-state index contributed by atoms with van der Waals surface area (Å²) in [4.78, 5) is 40.4. The van der Waals surface area contributed by atoms with Crippen LogP contribution in [0.3, 0.4) is 0 Å². The first-order valence-electron chi connectivity index (χ1n) is 10.3. The van der Waals surface area contributed by atoms with Gasteiger partial charge < -0.3 is 39.6 Å². The van der Waals surface area contributed by atoms with Crippen LogP contribution >= 0.6 is 0 Å². The van der Waals surface area contributed by atoms with Gasteiger partial charge in [-0.3, -0.25) is 0 Å². The first-order chi connectivity index (χ1) is 17.2. The van der Waals surface area contributed by atoms with Gasteiger partial charge in [0.1, 0.15) is 0 Å². The molecule has 0 heterocycles. The van der Waals surface area contributed by atoms with Gasteiger partial charge in [0.25, 0.3) is 0 Å². The summed E-state index contributed by atoms with van der Waals surface area (Å²) in [7, 11) is 0. The second-order valence-electron chi connectivity index (χ2n) is 6.61. The second-order valence-corrected chi connectivity index (χ2v) is 6.61. The summed E-state index contributed by atoms with van der Waals surface area (Å²) in [6.07, 6.45) is 0. The van der Waals surface area contributed by atoms with Crippen molar-refractivity contribution in [3.63, 3.8) is 0 Å². The number of carbonyl (C=O) groups excluding carboxylic acids is 4. The summed E-state index contributed by atoms with van der Waals surface area (Å²) in [6, 6.07) is 32.3. The van der Waals surface area contributed by atoms with Gasteiger partial charge in [-0.25, -0.2) is 0 Å². The molecule has 0 saturated carbocycles. The van der Waals surface area contributed by atoms with Gasteiger partial charge in [0, 0.05) is 0 Å². The molecule has 4 aromatic rings. The molecule has 0 bridgehead atoms. The van der Waals surface area contributed by atoms with Gasteiger partial charge in [-0.1, -0.05) is 121 Å². The molecule has 4 rings (SSSR count). The molecule has 0 aliphatic heterocycles. The fourth-order valence-corrected chi connectivity index (χ4v) is 2.30. The van der Waals surface area contributed by atoms with E-state index in [9.17, 15) is 39.6 Å². The van der Waals surface area contributed by atoms with Crippen LogP contribution < -0.4 is 20.4 Å². The molecule has 0 unspecified atom stereocenters. The van der Waals surface area contributed by atoms with Gasteiger partial charge in [0.2, 0.25) is 0 Å². The van der Waals surface area contributed by atoms with E-state index in [1.165, 1.54) is 48.5 Å². The van der Waals surface area contributed by atoms with Crippen molar-refractivity contribution in [2.24, 2.45) is 0 Å². The Morgan fingerprint density at radius 3 is 0.541 bits per heavy atom. The fraction of sp³-hybridized carbons (Fsp3) is 0. The zero-order valence-corrected chi connectivity index (χ0v) is 20.7. The molecule has 0 fully saturated rings. The third-order valence-electron chi connectivity index (χ3n) is 4.04. The molecule has 185 valence electrons. The van der Waals surface area contributed by atoms with Crippen LogP contribution in [0.5, 0.6) is 0 Å². The number of hydrogen-bond acceptors (Lipinski definition) is 8.